The summed E-state index contributed by atoms with van der Waals surface area (Å²) in [6.45, 7) is 3.60. The average Bonchev–Trinajstić information content (AvgIpc) is 2.50. The number of rotatable bonds is 2. The minimum atomic E-state index is -0.356. The SMILES string of the molecule is Cc1ccc(F)cc1NC(=O)c1ccc2c(c1)CNCC2. The third-order valence-corrected chi connectivity index (χ3v) is 3.80. The monoisotopic (exact) mass is 284 g/mol. The molecule has 0 atom stereocenters. The van der Waals surface area contributed by atoms with Crippen molar-refractivity contribution >= 4 is 11.6 Å². The first-order chi connectivity index (χ1) is 10.1. The fourth-order valence-corrected chi connectivity index (χ4v) is 2.55. The van der Waals surface area contributed by atoms with E-state index in [1.54, 1.807) is 6.07 Å². The lowest BCUT2D eigenvalue weighted by atomic mass is 9.98. The van der Waals surface area contributed by atoms with Gasteiger partial charge in [0.15, 0.2) is 0 Å². The third-order valence-electron chi connectivity index (χ3n) is 3.80. The molecule has 0 spiro atoms. The molecule has 3 nitrogen and oxygen atoms in total. The van der Waals surface area contributed by atoms with Crippen molar-refractivity contribution in [3.63, 3.8) is 0 Å². The minimum Gasteiger partial charge on any atom is -0.322 e. The Morgan fingerprint density at radius 2 is 2.05 bits per heavy atom. The Bertz CT molecular complexity index is 697. The number of hydrogen-bond acceptors (Lipinski definition) is 2. The number of amides is 1. The van der Waals surface area contributed by atoms with Gasteiger partial charge in [-0.2, -0.15) is 0 Å². The summed E-state index contributed by atoms with van der Waals surface area (Å²) < 4.78 is 13.3. The zero-order valence-corrected chi connectivity index (χ0v) is 11.9. The molecule has 1 heterocycles. The van der Waals surface area contributed by atoms with Crippen LogP contribution in [0.25, 0.3) is 0 Å². The number of halogens is 1. The van der Waals surface area contributed by atoms with E-state index >= 15 is 0 Å². The summed E-state index contributed by atoms with van der Waals surface area (Å²) in [5.41, 5.74) is 4.39. The number of carbonyl (C=O) groups is 1. The molecule has 0 bridgehead atoms. The van der Waals surface area contributed by atoms with E-state index in [-0.39, 0.29) is 11.7 Å². The maximum Gasteiger partial charge on any atom is 0.255 e. The van der Waals surface area contributed by atoms with Crippen LogP contribution in [-0.4, -0.2) is 12.5 Å². The van der Waals surface area contributed by atoms with Crippen LogP contribution in [0.3, 0.4) is 0 Å². The zero-order chi connectivity index (χ0) is 14.8. The highest BCUT2D eigenvalue weighted by atomic mass is 19.1. The second-order valence-electron chi connectivity index (χ2n) is 5.32. The van der Waals surface area contributed by atoms with E-state index in [0.717, 1.165) is 30.6 Å². The van der Waals surface area contributed by atoms with Gasteiger partial charge in [0.1, 0.15) is 5.82 Å². The molecule has 3 rings (SSSR count). The first-order valence-electron chi connectivity index (χ1n) is 7.03. The molecule has 0 radical (unpaired) electrons. The second-order valence-corrected chi connectivity index (χ2v) is 5.32. The second kappa shape index (κ2) is 5.66. The summed E-state index contributed by atoms with van der Waals surface area (Å²) in [5.74, 6) is -0.567. The lowest BCUT2D eigenvalue weighted by Gasteiger charge is -2.18. The maximum absolute atomic E-state index is 13.3. The van der Waals surface area contributed by atoms with Gasteiger partial charge < -0.3 is 10.6 Å². The highest BCUT2D eigenvalue weighted by Gasteiger charge is 2.13. The Kier molecular flexibility index (Phi) is 3.71. The van der Waals surface area contributed by atoms with Crippen molar-refractivity contribution < 1.29 is 9.18 Å². The van der Waals surface area contributed by atoms with Crippen molar-refractivity contribution in [2.45, 2.75) is 19.9 Å². The van der Waals surface area contributed by atoms with Crippen molar-refractivity contribution in [3.8, 4) is 0 Å². The van der Waals surface area contributed by atoms with E-state index in [1.165, 1.54) is 17.7 Å². The minimum absolute atomic E-state index is 0.211. The van der Waals surface area contributed by atoms with E-state index < -0.39 is 0 Å². The smallest absolute Gasteiger partial charge is 0.255 e. The molecule has 1 amide bonds. The van der Waals surface area contributed by atoms with E-state index in [9.17, 15) is 9.18 Å². The molecule has 0 saturated carbocycles. The average molecular weight is 284 g/mol. The summed E-state index contributed by atoms with van der Waals surface area (Å²) in [6, 6.07) is 10.1. The number of aryl methyl sites for hydroxylation is 1. The van der Waals surface area contributed by atoms with Crippen LogP contribution in [0.5, 0.6) is 0 Å². The number of anilines is 1. The summed E-state index contributed by atoms with van der Waals surface area (Å²) in [6.07, 6.45) is 0.986. The van der Waals surface area contributed by atoms with Crippen molar-refractivity contribution in [2.24, 2.45) is 0 Å². The number of hydrogen-bond donors (Lipinski definition) is 2. The zero-order valence-electron chi connectivity index (χ0n) is 11.9. The lowest BCUT2D eigenvalue weighted by molar-refractivity contribution is 0.102. The Labute approximate surface area is 123 Å². The van der Waals surface area contributed by atoms with Gasteiger partial charge in [-0.1, -0.05) is 12.1 Å². The largest absolute Gasteiger partial charge is 0.322 e. The molecule has 0 unspecified atom stereocenters. The molecule has 0 fully saturated rings. The predicted octanol–water partition coefficient (Wildman–Crippen LogP) is 3.03. The van der Waals surface area contributed by atoms with Gasteiger partial charge in [0, 0.05) is 17.8 Å². The number of nitrogens with one attached hydrogen (secondary N) is 2. The van der Waals surface area contributed by atoms with Gasteiger partial charge in [0.05, 0.1) is 0 Å². The summed E-state index contributed by atoms with van der Waals surface area (Å²) in [7, 11) is 0. The van der Waals surface area contributed by atoms with Crippen LogP contribution in [0.2, 0.25) is 0 Å². The van der Waals surface area contributed by atoms with E-state index in [2.05, 4.69) is 10.6 Å². The topological polar surface area (TPSA) is 41.1 Å². The van der Waals surface area contributed by atoms with Gasteiger partial charge >= 0.3 is 0 Å². The van der Waals surface area contributed by atoms with Gasteiger partial charge in [-0.25, -0.2) is 4.39 Å². The third kappa shape index (κ3) is 2.95. The fraction of sp³-hybridized carbons (Fsp3) is 0.235. The molecule has 1 aliphatic heterocycles. The highest BCUT2D eigenvalue weighted by molar-refractivity contribution is 6.04. The molecule has 21 heavy (non-hydrogen) atoms. The standard InChI is InChI=1S/C17H17FN2O/c1-11-2-5-15(18)9-16(11)20-17(21)13-4-3-12-6-7-19-10-14(12)8-13/h2-5,8-9,19H,6-7,10H2,1H3,(H,20,21). The molecule has 2 aromatic rings. The van der Waals surface area contributed by atoms with Crippen LogP contribution >= 0.6 is 0 Å². The van der Waals surface area contributed by atoms with E-state index in [4.69, 9.17) is 0 Å². The van der Waals surface area contributed by atoms with Crippen molar-refractivity contribution in [1.29, 1.82) is 0 Å². The molecule has 0 saturated heterocycles. The van der Waals surface area contributed by atoms with E-state index in [0.29, 0.717) is 11.3 Å². The fourth-order valence-electron chi connectivity index (χ4n) is 2.55. The number of carbonyl (C=O) groups excluding carboxylic acids is 1. The van der Waals surface area contributed by atoms with Crippen LogP contribution in [0, 0.1) is 12.7 Å². The van der Waals surface area contributed by atoms with Crippen LogP contribution in [0.4, 0.5) is 10.1 Å². The van der Waals surface area contributed by atoms with Crippen molar-refractivity contribution in [3.05, 3.63) is 64.5 Å². The Morgan fingerprint density at radius 1 is 1.19 bits per heavy atom. The van der Waals surface area contributed by atoms with Crippen LogP contribution in [0.1, 0.15) is 27.0 Å². The molecule has 0 aliphatic carbocycles. The van der Waals surface area contributed by atoms with Gasteiger partial charge in [-0.15, -0.1) is 0 Å². The van der Waals surface area contributed by atoms with Crippen molar-refractivity contribution in [2.75, 3.05) is 11.9 Å². The lowest BCUT2D eigenvalue weighted by Crippen LogP contribution is -2.24. The molecular formula is C17H17FN2O. The Morgan fingerprint density at radius 3 is 2.90 bits per heavy atom. The first-order valence-corrected chi connectivity index (χ1v) is 7.03. The van der Waals surface area contributed by atoms with E-state index in [1.807, 2.05) is 25.1 Å². The van der Waals surface area contributed by atoms with Crippen LogP contribution < -0.4 is 10.6 Å². The molecule has 1 aliphatic rings. The summed E-state index contributed by atoms with van der Waals surface area (Å²) in [5, 5.41) is 6.07. The molecular weight excluding hydrogens is 267 g/mol. The van der Waals surface area contributed by atoms with Gasteiger partial charge in [-0.3, -0.25) is 4.79 Å². The number of benzene rings is 2. The van der Waals surface area contributed by atoms with Crippen LogP contribution in [0.15, 0.2) is 36.4 Å². The van der Waals surface area contributed by atoms with Gasteiger partial charge in [-0.05, 0) is 60.8 Å². The first kappa shape index (κ1) is 13.8. The molecule has 108 valence electrons. The quantitative estimate of drug-likeness (QED) is 0.890. The predicted molar refractivity (Wildman–Crippen MR) is 80.9 cm³/mol. The van der Waals surface area contributed by atoms with Gasteiger partial charge in [0.25, 0.3) is 5.91 Å². The van der Waals surface area contributed by atoms with Gasteiger partial charge in [0.2, 0.25) is 0 Å². The molecule has 4 heteroatoms. The Balaban J connectivity index is 1.83. The summed E-state index contributed by atoms with van der Waals surface area (Å²) >= 11 is 0. The summed E-state index contributed by atoms with van der Waals surface area (Å²) in [4.78, 5) is 12.3. The van der Waals surface area contributed by atoms with Crippen molar-refractivity contribution in [1.82, 2.24) is 5.32 Å². The molecule has 0 aromatic heterocycles. The highest BCUT2D eigenvalue weighted by Crippen LogP contribution is 2.19. The normalized spacial score (nSPS) is 13.6. The maximum atomic E-state index is 13.3. The number of fused-ring (bicyclic) bond motifs is 1. The van der Waals surface area contributed by atoms with Crippen LogP contribution in [-0.2, 0) is 13.0 Å². The molecule has 2 N–H and O–H groups in total. The Hall–Kier alpha value is -2.20. The molecule has 2 aromatic carbocycles.